The number of morpholine rings is 1. The minimum absolute atomic E-state index is 0.0162. The number of amides is 1. The number of carbonyl (C=O) groups excluding carboxylic acids is 1. The molecule has 2 saturated heterocycles. The van der Waals surface area contributed by atoms with Crippen LogP contribution in [0.1, 0.15) is 21.6 Å². The highest BCUT2D eigenvalue weighted by molar-refractivity contribution is 5.92. The molecular weight excluding hydrogens is 354 g/mol. The maximum atomic E-state index is 13.0. The third kappa shape index (κ3) is 3.80. The van der Waals surface area contributed by atoms with Gasteiger partial charge in [0.05, 0.1) is 13.2 Å². The Morgan fingerprint density at radius 1 is 0.964 bits per heavy atom. The largest absolute Gasteiger partial charge is 0.378 e. The molecule has 0 saturated carbocycles. The zero-order valence-corrected chi connectivity index (χ0v) is 16.6. The van der Waals surface area contributed by atoms with Crippen LogP contribution in [0.15, 0.2) is 30.5 Å². The molecular formula is C21H27N5O2. The van der Waals surface area contributed by atoms with Gasteiger partial charge in [0.2, 0.25) is 5.95 Å². The summed E-state index contributed by atoms with van der Waals surface area (Å²) in [7, 11) is 0. The summed E-state index contributed by atoms with van der Waals surface area (Å²) in [5.74, 6) is 0.598. The lowest BCUT2D eigenvalue weighted by Crippen LogP contribution is -2.49. The van der Waals surface area contributed by atoms with Gasteiger partial charge in [0.1, 0.15) is 5.69 Å². The van der Waals surface area contributed by atoms with E-state index in [4.69, 9.17) is 4.74 Å². The lowest BCUT2D eigenvalue weighted by Gasteiger charge is -2.37. The number of hydrogen-bond acceptors (Lipinski definition) is 6. The van der Waals surface area contributed by atoms with Crippen LogP contribution in [0, 0.1) is 13.8 Å². The van der Waals surface area contributed by atoms with Crippen LogP contribution in [0.25, 0.3) is 0 Å². The van der Waals surface area contributed by atoms with Gasteiger partial charge in [0, 0.05) is 51.2 Å². The summed E-state index contributed by atoms with van der Waals surface area (Å²) < 4.78 is 5.38. The van der Waals surface area contributed by atoms with Crippen molar-refractivity contribution in [2.24, 2.45) is 0 Å². The Morgan fingerprint density at radius 2 is 1.71 bits per heavy atom. The third-order valence-electron chi connectivity index (χ3n) is 5.64. The van der Waals surface area contributed by atoms with Crippen LogP contribution in [0.4, 0.5) is 11.6 Å². The van der Waals surface area contributed by atoms with Crippen LogP contribution >= 0.6 is 0 Å². The van der Waals surface area contributed by atoms with Crippen molar-refractivity contribution in [3.8, 4) is 0 Å². The molecule has 3 heterocycles. The van der Waals surface area contributed by atoms with Crippen LogP contribution in [0.3, 0.4) is 0 Å². The van der Waals surface area contributed by atoms with Gasteiger partial charge in [-0.1, -0.05) is 12.1 Å². The van der Waals surface area contributed by atoms with Crippen molar-refractivity contribution in [3.63, 3.8) is 0 Å². The number of ether oxygens (including phenoxy) is 1. The van der Waals surface area contributed by atoms with Crippen LogP contribution in [-0.2, 0) is 4.74 Å². The number of anilines is 2. The third-order valence-corrected chi connectivity index (χ3v) is 5.64. The van der Waals surface area contributed by atoms with Crippen LogP contribution in [0.2, 0.25) is 0 Å². The monoisotopic (exact) mass is 381 g/mol. The second-order valence-electron chi connectivity index (χ2n) is 7.34. The number of hydrogen-bond donors (Lipinski definition) is 0. The molecule has 7 heteroatoms. The fraction of sp³-hybridized carbons (Fsp3) is 0.476. The number of carbonyl (C=O) groups is 1. The van der Waals surface area contributed by atoms with Gasteiger partial charge in [-0.3, -0.25) is 4.79 Å². The number of benzene rings is 1. The Morgan fingerprint density at radius 3 is 2.46 bits per heavy atom. The fourth-order valence-electron chi connectivity index (χ4n) is 3.77. The van der Waals surface area contributed by atoms with E-state index < -0.39 is 0 Å². The lowest BCUT2D eigenvalue weighted by molar-refractivity contribution is 0.0740. The number of aromatic nitrogens is 2. The van der Waals surface area contributed by atoms with Gasteiger partial charge in [0.15, 0.2) is 0 Å². The molecule has 0 N–H and O–H groups in total. The molecule has 2 aliphatic rings. The summed E-state index contributed by atoms with van der Waals surface area (Å²) in [6, 6.07) is 8.12. The Balaban J connectivity index is 1.42. The van der Waals surface area contributed by atoms with Crippen molar-refractivity contribution >= 4 is 17.5 Å². The first-order valence-electron chi connectivity index (χ1n) is 9.89. The Bertz CT molecular complexity index is 842. The lowest BCUT2D eigenvalue weighted by atomic mass is 10.1. The topological polar surface area (TPSA) is 61.8 Å². The minimum Gasteiger partial charge on any atom is -0.378 e. The van der Waals surface area contributed by atoms with Crippen molar-refractivity contribution < 1.29 is 9.53 Å². The zero-order valence-electron chi connectivity index (χ0n) is 16.6. The van der Waals surface area contributed by atoms with E-state index in [1.165, 1.54) is 16.8 Å². The van der Waals surface area contributed by atoms with E-state index in [1.54, 1.807) is 12.3 Å². The van der Waals surface area contributed by atoms with Gasteiger partial charge in [-0.05, 0) is 37.1 Å². The van der Waals surface area contributed by atoms with Gasteiger partial charge in [-0.15, -0.1) is 0 Å². The van der Waals surface area contributed by atoms with E-state index in [9.17, 15) is 4.79 Å². The SMILES string of the molecule is Cc1cccc(N2CCN(C(=O)c3ccnc(N4CCOCC4)n3)CC2)c1C. The van der Waals surface area contributed by atoms with Crippen molar-refractivity contribution in [2.45, 2.75) is 13.8 Å². The van der Waals surface area contributed by atoms with E-state index in [-0.39, 0.29) is 5.91 Å². The van der Waals surface area contributed by atoms with E-state index in [0.717, 1.165) is 26.2 Å². The van der Waals surface area contributed by atoms with Gasteiger partial charge in [-0.2, -0.15) is 0 Å². The molecule has 2 aliphatic heterocycles. The van der Waals surface area contributed by atoms with E-state index in [0.29, 0.717) is 37.9 Å². The quantitative estimate of drug-likeness (QED) is 0.809. The second-order valence-corrected chi connectivity index (χ2v) is 7.34. The molecule has 0 aliphatic carbocycles. The van der Waals surface area contributed by atoms with Crippen LogP contribution in [0.5, 0.6) is 0 Å². The highest BCUT2D eigenvalue weighted by atomic mass is 16.5. The summed E-state index contributed by atoms with van der Waals surface area (Å²) in [5, 5.41) is 0. The van der Waals surface area contributed by atoms with Crippen molar-refractivity contribution in [1.29, 1.82) is 0 Å². The van der Waals surface area contributed by atoms with Crippen molar-refractivity contribution in [2.75, 3.05) is 62.3 Å². The van der Waals surface area contributed by atoms with Gasteiger partial charge >= 0.3 is 0 Å². The van der Waals surface area contributed by atoms with Crippen molar-refractivity contribution in [1.82, 2.24) is 14.9 Å². The normalized spacial score (nSPS) is 17.7. The van der Waals surface area contributed by atoms with Crippen LogP contribution in [-0.4, -0.2) is 73.3 Å². The zero-order chi connectivity index (χ0) is 19.5. The molecule has 1 amide bonds. The predicted octanol–water partition coefficient (Wildman–Crippen LogP) is 1.89. The molecule has 7 nitrogen and oxygen atoms in total. The van der Waals surface area contributed by atoms with E-state index >= 15 is 0 Å². The molecule has 0 spiro atoms. The van der Waals surface area contributed by atoms with Gasteiger partial charge < -0.3 is 19.4 Å². The molecule has 4 rings (SSSR count). The molecule has 0 unspecified atom stereocenters. The molecule has 0 bridgehead atoms. The number of rotatable bonds is 3. The summed E-state index contributed by atoms with van der Waals surface area (Å²) in [6.07, 6.45) is 1.68. The Hall–Kier alpha value is -2.67. The summed E-state index contributed by atoms with van der Waals surface area (Å²) in [4.78, 5) is 28.2. The first-order chi connectivity index (χ1) is 13.6. The van der Waals surface area contributed by atoms with Gasteiger partial charge in [0.25, 0.3) is 5.91 Å². The standard InChI is InChI=1S/C21H27N5O2/c1-16-4-3-5-19(17(16)2)24-8-10-25(11-9-24)20(27)18-6-7-22-21(23-18)26-12-14-28-15-13-26/h3-7H,8-15H2,1-2H3. The second kappa shape index (κ2) is 8.14. The van der Waals surface area contributed by atoms with E-state index in [1.807, 2.05) is 4.90 Å². The molecule has 2 fully saturated rings. The van der Waals surface area contributed by atoms with E-state index in [2.05, 4.69) is 51.8 Å². The Labute approximate surface area is 165 Å². The average molecular weight is 381 g/mol. The Kier molecular flexibility index (Phi) is 5.43. The maximum Gasteiger partial charge on any atom is 0.272 e. The molecule has 148 valence electrons. The fourth-order valence-corrected chi connectivity index (χ4v) is 3.77. The maximum absolute atomic E-state index is 13.0. The van der Waals surface area contributed by atoms with Crippen LogP contribution < -0.4 is 9.80 Å². The highest BCUT2D eigenvalue weighted by Gasteiger charge is 2.25. The molecule has 1 aromatic heterocycles. The number of nitrogens with zero attached hydrogens (tertiary/aromatic N) is 5. The summed E-state index contributed by atoms with van der Waals surface area (Å²) in [6.45, 7) is 10.2. The molecule has 2 aromatic rings. The smallest absolute Gasteiger partial charge is 0.272 e. The summed E-state index contributed by atoms with van der Waals surface area (Å²) >= 11 is 0. The predicted molar refractivity (Wildman–Crippen MR) is 109 cm³/mol. The van der Waals surface area contributed by atoms with Crippen molar-refractivity contribution in [3.05, 3.63) is 47.3 Å². The first-order valence-corrected chi connectivity index (χ1v) is 9.89. The number of piperazine rings is 1. The highest BCUT2D eigenvalue weighted by Crippen LogP contribution is 2.24. The molecule has 28 heavy (non-hydrogen) atoms. The first kappa shape index (κ1) is 18.7. The van der Waals surface area contributed by atoms with Gasteiger partial charge in [-0.25, -0.2) is 9.97 Å². The average Bonchev–Trinajstić information content (AvgIpc) is 2.76. The molecule has 1 aromatic carbocycles. The summed E-state index contributed by atoms with van der Waals surface area (Å²) in [5.41, 5.74) is 4.35. The number of aryl methyl sites for hydroxylation is 1. The molecule has 0 radical (unpaired) electrons. The molecule has 0 atom stereocenters. The minimum atomic E-state index is -0.0162.